The topological polar surface area (TPSA) is 103 Å². The van der Waals surface area contributed by atoms with Crippen molar-refractivity contribution in [2.45, 2.75) is 26.2 Å². The molecule has 29 heavy (non-hydrogen) atoms. The molecule has 0 bridgehead atoms. The van der Waals surface area contributed by atoms with Crippen LogP contribution in [0.4, 0.5) is 5.69 Å². The highest BCUT2D eigenvalue weighted by Gasteiger charge is 2.12. The summed E-state index contributed by atoms with van der Waals surface area (Å²) >= 11 is 0. The van der Waals surface area contributed by atoms with E-state index in [1.165, 1.54) is 12.1 Å². The van der Waals surface area contributed by atoms with Crippen LogP contribution >= 0.6 is 0 Å². The Labute approximate surface area is 168 Å². The van der Waals surface area contributed by atoms with Crippen molar-refractivity contribution in [3.05, 3.63) is 64.7 Å². The first kappa shape index (κ1) is 20.3. The second-order valence-electron chi connectivity index (χ2n) is 6.91. The zero-order chi connectivity index (χ0) is 20.8. The molecule has 7 nitrogen and oxygen atoms in total. The largest absolute Gasteiger partial charge is 0.481 e. The second kappa shape index (κ2) is 9.14. The van der Waals surface area contributed by atoms with Gasteiger partial charge in [-0.3, -0.25) is 14.9 Å². The van der Waals surface area contributed by atoms with Crippen LogP contribution in [0.2, 0.25) is 0 Å². The van der Waals surface area contributed by atoms with Gasteiger partial charge in [0.1, 0.15) is 0 Å². The summed E-state index contributed by atoms with van der Waals surface area (Å²) < 4.78 is 5.81. The summed E-state index contributed by atoms with van der Waals surface area (Å²) in [4.78, 5) is 25.9. The fourth-order valence-corrected chi connectivity index (χ4v) is 3.08. The number of carboxylic acid groups (broad SMARTS) is 1. The quantitative estimate of drug-likeness (QED) is 0.308. The number of fused-ring (bicyclic) bond motifs is 1. The molecule has 0 fully saturated rings. The maximum atomic E-state index is 10.9. The number of aliphatic carboxylic acids is 1. The Balaban J connectivity index is 1.77. The Morgan fingerprint density at radius 1 is 1.17 bits per heavy atom. The van der Waals surface area contributed by atoms with Gasteiger partial charge in [-0.15, -0.1) is 0 Å². The smallest absolute Gasteiger partial charge is 0.306 e. The molecular formula is C22H22N2O5. The molecule has 0 aliphatic carbocycles. The van der Waals surface area contributed by atoms with Crippen LogP contribution in [0.25, 0.3) is 22.0 Å². The van der Waals surface area contributed by atoms with Crippen LogP contribution in [-0.4, -0.2) is 27.6 Å². The van der Waals surface area contributed by atoms with Crippen molar-refractivity contribution in [3.8, 4) is 17.0 Å². The third kappa shape index (κ3) is 5.07. The van der Waals surface area contributed by atoms with Gasteiger partial charge in [0, 0.05) is 23.6 Å². The van der Waals surface area contributed by atoms with Gasteiger partial charge < -0.3 is 9.84 Å². The predicted octanol–water partition coefficient (Wildman–Crippen LogP) is 5.08. The van der Waals surface area contributed by atoms with Crippen LogP contribution < -0.4 is 4.74 Å². The van der Waals surface area contributed by atoms with Crippen molar-refractivity contribution < 1.29 is 19.6 Å². The molecule has 1 N–H and O–H groups in total. The summed E-state index contributed by atoms with van der Waals surface area (Å²) in [7, 11) is 0. The van der Waals surface area contributed by atoms with Crippen LogP contribution in [0, 0.1) is 16.0 Å². The zero-order valence-corrected chi connectivity index (χ0v) is 16.1. The Morgan fingerprint density at radius 3 is 2.59 bits per heavy atom. The summed E-state index contributed by atoms with van der Waals surface area (Å²) in [5, 5.41) is 20.8. The number of rotatable bonds is 9. The van der Waals surface area contributed by atoms with E-state index in [0.717, 1.165) is 34.9 Å². The molecule has 1 atom stereocenters. The molecule has 0 aliphatic rings. The van der Waals surface area contributed by atoms with Crippen molar-refractivity contribution in [3.63, 3.8) is 0 Å². The molecule has 0 saturated carbocycles. The number of nitrogens with zero attached hydrogens (tertiary/aromatic N) is 2. The number of unbranched alkanes of at least 4 members (excludes halogenated alkanes) is 1. The van der Waals surface area contributed by atoms with Crippen LogP contribution in [0.1, 0.15) is 26.2 Å². The first-order valence-electron chi connectivity index (χ1n) is 9.46. The Morgan fingerprint density at radius 2 is 1.90 bits per heavy atom. The third-order valence-corrected chi connectivity index (χ3v) is 4.78. The molecule has 0 radical (unpaired) electrons. The number of non-ortho nitro benzene ring substituents is 1. The lowest BCUT2D eigenvalue weighted by atomic mass is 10.0. The fourth-order valence-electron chi connectivity index (χ4n) is 3.08. The summed E-state index contributed by atoms with van der Waals surface area (Å²) in [5.74, 6) is -0.666. The number of ether oxygens (including phenoxy) is 1. The van der Waals surface area contributed by atoms with Gasteiger partial charge in [0.2, 0.25) is 5.88 Å². The number of hydrogen-bond acceptors (Lipinski definition) is 5. The van der Waals surface area contributed by atoms with Gasteiger partial charge in [-0.2, -0.15) is 0 Å². The number of pyridine rings is 1. The number of benzene rings is 2. The molecule has 1 aromatic heterocycles. The highest BCUT2D eigenvalue weighted by molar-refractivity contribution is 5.95. The van der Waals surface area contributed by atoms with Gasteiger partial charge in [-0.1, -0.05) is 25.1 Å². The summed E-state index contributed by atoms with van der Waals surface area (Å²) in [6.45, 7) is 2.14. The molecule has 2 aromatic carbocycles. The minimum absolute atomic E-state index is 0.0409. The van der Waals surface area contributed by atoms with E-state index in [0.29, 0.717) is 18.9 Å². The molecule has 1 heterocycles. The normalized spacial score (nSPS) is 11.9. The van der Waals surface area contributed by atoms with Crippen LogP contribution in [0.15, 0.2) is 54.6 Å². The van der Waals surface area contributed by atoms with E-state index >= 15 is 0 Å². The molecular weight excluding hydrogens is 372 g/mol. The van der Waals surface area contributed by atoms with Crippen LogP contribution in [0.3, 0.4) is 0 Å². The summed E-state index contributed by atoms with van der Waals surface area (Å²) in [6.07, 6.45) is 2.10. The van der Waals surface area contributed by atoms with E-state index in [9.17, 15) is 14.9 Å². The highest BCUT2D eigenvalue weighted by atomic mass is 16.6. The molecule has 3 rings (SSSR count). The SMILES string of the molecule is CC(CCCCOc1cc(-c2ccc([N+](=O)[O-])cc2)c2ccccc2n1)C(=O)O. The van der Waals surface area contributed by atoms with Crippen LogP contribution in [-0.2, 0) is 4.79 Å². The van der Waals surface area contributed by atoms with Gasteiger partial charge in [-0.05, 0) is 48.6 Å². The maximum Gasteiger partial charge on any atom is 0.306 e. The number of nitro benzene ring substituents is 1. The summed E-state index contributed by atoms with van der Waals surface area (Å²) in [6, 6.07) is 15.9. The average Bonchev–Trinajstić information content (AvgIpc) is 2.72. The van der Waals surface area contributed by atoms with Gasteiger partial charge in [-0.25, -0.2) is 4.98 Å². The molecule has 0 spiro atoms. The standard InChI is InChI=1S/C22H22N2O5/c1-15(22(25)26)6-4-5-13-29-21-14-19(18-7-2-3-8-20(18)23-21)16-9-11-17(12-10-16)24(27)28/h2-3,7-12,14-15H,4-6,13H2,1H3,(H,25,26). The van der Waals surface area contributed by atoms with Crippen molar-refractivity contribution in [2.75, 3.05) is 6.61 Å². The lowest BCUT2D eigenvalue weighted by molar-refractivity contribution is -0.384. The molecule has 0 saturated heterocycles. The van der Waals surface area contributed by atoms with E-state index in [4.69, 9.17) is 9.84 Å². The molecule has 3 aromatic rings. The molecule has 1 unspecified atom stereocenters. The van der Waals surface area contributed by atoms with E-state index in [-0.39, 0.29) is 11.6 Å². The Kier molecular flexibility index (Phi) is 6.39. The van der Waals surface area contributed by atoms with Gasteiger partial charge in [0.15, 0.2) is 0 Å². The molecule has 7 heteroatoms. The van der Waals surface area contributed by atoms with Gasteiger partial charge in [0.05, 0.1) is 23.0 Å². The van der Waals surface area contributed by atoms with E-state index in [1.807, 2.05) is 30.3 Å². The number of carbonyl (C=O) groups is 1. The van der Waals surface area contributed by atoms with Crippen molar-refractivity contribution >= 4 is 22.6 Å². The number of nitro groups is 1. The van der Waals surface area contributed by atoms with Crippen LogP contribution in [0.5, 0.6) is 5.88 Å². The zero-order valence-electron chi connectivity index (χ0n) is 16.1. The summed E-state index contributed by atoms with van der Waals surface area (Å²) in [5.41, 5.74) is 2.55. The molecule has 0 amide bonds. The second-order valence-corrected chi connectivity index (χ2v) is 6.91. The Hall–Kier alpha value is -3.48. The van der Waals surface area contributed by atoms with Gasteiger partial charge in [0.25, 0.3) is 5.69 Å². The average molecular weight is 394 g/mol. The van der Waals surface area contributed by atoms with Crippen molar-refractivity contribution in [1.82, 2.24) is 4.98 Å². The van der Waals surface area contributed by atoms with E-state index in [2.05, 4.69) is 4.98 Å². The van der Waals surface area contributed by atoms with E-state index in [1.54, 1.807) is 19.1 Å². The lowest BCUT2D eigenvalue weighted by Crippen LogP contribution is -2.09. The van der Waals surface area contributed by atoms with Crippen molar-refractivity contribution in [2.24, 2.45) is 5.92 Å². The van der Waals surface area contributed by atoms with Gasteiger partial charge >= 0.3 is 5.97 Å². The first-order valence-corrected chi connectivity index (χ1v) is 9.46. The number of hydrogen-bond donors (Lipinski definition) is 1. The maximum absolute atomic E-state index is 10.9. The minimum atomic E-state index is -0.783. The Bertz CT molecular complexity index is 1020. The predicted molar refractivity (Wildman–Crippen MR) is 110 cm³/mol. The van der Waals surface area contributed by atoms with E-state index < -0.39 is 10.9 Å². The first-order chi connectivity index (χ1) is 14.0. The molecule has 0 aliphatic heterocycles. The van der Waals surface area contributed by atoms with Crippen molar-refractivity contribution in [1.29, 1.82) is 0 Å². The lowest BCUT2D eigenvalue weighted by Gasteiger charge is -2.11. The number of carboxylic acids is 1. The third-order valence-electron chi connectivity index (χ3n) is 4.78. The monoisotopic (exact) mass is 394 g/mol. The number of aromatic nitrogens is 1. The minimum Gasteiger partial charge on any atom is -0.481 e. The number of para-hydroxylation sites is 1. The fraction of sp³-hybridized carbons (Fsp3) is 0.273. The molecule has 150 valence electrons. The highest BCUT2D eigenvalue weighted by Crippen LogP contribution is 2.32.